The number of hydrogen-bond acceptors (Lipinski definition) is 4. The highest BCUT2D eigenvalue weighted by molar-refractivity contribution is 6.14. The fraction of sp³-hybridized carbons (Fsp3) is 0.300. The van der Waals surface area contributed by atoms with Crippen molar-refractivity contribution in [3.05, 3.63) is 18.3 Å². The molecule has 15 heavy (non-hydrogen) atoms. The lowest BCUT2D eigenvalue weighted by Crippen LogP contribution is -2.25. The Morgan fingerprint density at radius 3 is 2.67 bits per heavy atom. The van der Waals surface area contributed by atoms with Crippen LogP contribution in [0, 0.1) is 5.92 Å². The predicted octanol–water partition coefficient (Wildman–Crippen LogP) is 1.02. The number of hydrazone groups is 1. The van der Waals surface area contributed by atoms with Crippen molar-refractivity contribution in [2.24, 2.45) is 11.0 Å². The number of anilines is 2. The van der Waals surface area contributed by atoms with Crippen LogP contribution >= 0.6 is 0 Å². The molecule has 1 aliphatic rings. The van der Waals surface area contributed by atoms with Gasteiger partial charge in [0.25, 0.3) is 5.91 Å². The van der Waals surface area contributed by atoms with E-state index in [1.165, 1.54) is 5.01 Å². The maximum atomic E-state index is 11.8. The molecule has 0 unspecified atom stereocenters. The van der Waals surface area contributed by atoms with Crippen LogP contribution in [0.5, 0.6) is 0 Å². The number of pyridine rings is 1. The van der Waals surface area contributed by atoms with Gasteiger partial charge in [-0.2, -0.15) is 10.1 Å². The summed E-state index contributed by atoms with van der Waals surface area (Å²) < 4.78 is 0. The Morgan fingerprint density at radius 1 is 1.47 bits per heavy atom. The standard InChI is InChI=1S/C10H12N4O/c1-6-7(2)13-14(10(6)15)8-3-4-9(11)12-5-8/h3-6H,1-2H3,(H2,11,12)/t6-/m1/s1. The Kier molecular flexibility index (Phi) is 2.15. The minimum Gasteiger partial charge on any atom is -0.384 e. The summed E-state index contributed by atoms with van der Waals surface area (Å²) in [5, 5.41) is 5.54. The molecule has 78 valence electrons. The van der Waals surface area contributed by atoms with E-state index < -0.39 is 0 Å². The fourth-order valence-corrected chi connectivity index (χ4v) is 1.36. The minimum absolute atomic E-state index is 0.0286. The van der Waals surface area contributed by atoms with E-state index in [0.29, 0.717) is 11.5 Å². The highest BCUT2D eigenvalue weighted by atomic mass is 16.2. The summed E-state index contributed by atoms with van der Waals surface area (Å²) in [6, 6.07) is 3.38. The molecule has 5 nitrogen and oxygen atoms in total. The fourth-order valence-electron chi connectivity index (χ4n) is 1.36. The maximum Gasteiger partial charge on any atom is 0.256 e. The van der Waals surface area contributed by atoms with Crippen molar-refractivity contribution in [2.45, 2.75) is 13.8 Å². The Labute approximate surface area is 87.6 Å². The van der Waals surface area contributed by atoms with Crippen molar-refractivity contribution in [1.29, 1.82) is 0 Å². The first kappa shape index (κ1) is 9.64. The average Bonchev–Trinajstić information content (AvgIpc) is 2.47. The third-order valence-corrected chi connectivity index (χ3v) is 2.48. The zero-order valence-electron chi connectivity index (χ0n) is 8.64. The molecule has 5 heteroatoms. The lowest BCUT2D eigenvalue weighted by Gasteiger charge is -2.11. The molecule has 2 heterocycles. The van der Waals surface area contributed by atoms with Gasteiger partial charge in [-0.05, 0) is 26.0 Å². The van der Waals surface area contributed by atoms with Gasteiger partial charge in [0.05, 0.1) is 17.8 Å². The lowest BCUT2D eigenvalue weighted by atomic mass is 10.1. The van der Waals surface area contributed by atoms with Gasteiger partial charge < -0.3 is 5.73 Å². The van der Waals surface area contributed by atoms with Crippen molar-refractivity contribution >= 4 is 23.1 Å². The SMILES string of the molecule is CC1=NN(c2ccc(N)nc2)C(=O)[C@@H]1C. The summed E-state index contributed by atoms with van der Waals surface area (Å²) in [4.78, 5) is 15.7. The zero-order valence-corrected chi connectivity index (χ0v) is 8.64. The van der Waals surface area contributed by atoms with Crippen LogP contribution in [0.2, 0.25) is 0 Å². The van der Waals surface area contributed by atoms with Gasteiger partial charge >= 0.3 is 0 Å². The van der Waals surface area contributed by atoms with Gasteiger partial charge in [-0.25, -0.2) is 4.98 Å². The van der Waals surface area contributed by atoms with Crippen LogP contribution in [-0.2, 0) is 4.79 Å². The first-order valence-corrected chi connectivity index (χ1v) is 4.70. The number of nitrogens with zero attached hydrogens (tertiary/aromatic N) is 3. The quantitative estimate of drug-likeness (QED) is 0.742. The highest BCUT2D eigenvalue weighted by Gasteiger charge is 2.30. The van der Waals surface area contributed by atoms with Crippen molar-refractivity contribution in [2.75, 3.05) is 10.7 Å². The molecule has 2 rings (SSSR count). The van der Waals surface area contributed by atoms with Gasteiger partial charge in [0.15, 0.2) is 0 Å². The first-order chi connectivity index (χ1) is 7.09. The summed E-state index contributed by atoms with van der Waals surface area (Å²) in [7, 11) is 0. The number of amides is 1. The third kappa shape index (κ3) is 1.56. The second-order valence-corrected chi connectivity index (χ2v) is 3.55. The van der Waals surface area contributed by atoms with Crippen molar-refractivity contribution in [1.82, 2.24) is 4.98 Å². The predicted molar refractivity (Wildman–Crippen MR) is 58.4 cm³/mol. The molecule has 0 radical (unpaired) electrons. The van der Waals surface area contributed by atoms with Gasteiger partial charge in [0, 0.05) is 5.71 Å². The molecule has 0 bridgehead atoms. The van der Waals surface area contributed by atoms with Gasteiger partial charge in [0.1, 0.15) is 5.82 Å². The maximum absolute atomic E-state index is 11.8. The summed E-state index contributed by atoms with van der Waals surface area (Å²) in [5.74, 6) is 0.251. The first-order valence-electron chi connectivity index (χ1n) is 4.70. The number of nitrogens with two attached hydrogens (primary N) is 1. The summed E-state index contributed by atoms with van der Waals surface area (Å²) in [5.41, 5.74) is 6.93. The summed E-state index contributed by atoms with van der Waals surface area (Å²) >= 11 is 0. The molecule has 1 aromatic heterocycles. The van der Waals surface area contributed by atoms with Crippen LogP contribution in [0.3, 0.4) is 0 Å². The second kappa shape index (κ2) is 3.34. The largest absolute Gasteiger partial charge is 0.384 e. The second-order valence-electron chi connectivity index (χ2n) is 3.55. The van der Waals surface area contributed by atoms with E-state index in [1.54, 1.807) is 18.3 Å². The molecule has 0 aliphatic carbocycles. The van der Waals surface area contributed by atoms with Gasteiger partial charge in [0.2, 0.25) is 0 Å². The topological polar surface area (TPSA) is 71.6 Å². The monoisotopic (exact) mass is 204 g/mol. The van der Waals surface area contributed by atoms with E-state index in [2.05, 4.69) is 10.1 Å². The molecule has 0 saturated carbocycles. The van der Waals surface area contributed by atoms with E-state index in [0.717, 1.165) is 5.71 Å². The number of carbonyl (C=O) groups excluding carboxylic acids is 1. The molecule has 1 aliphatic heterocycles. The Hall–Kier alpha value is -1.91. The molecule has 0 spiro atoms. The van der Waals surface area contributed by atoms with Crippen LogP contribution in [-0.4, -0.2) is 16.6 Å². The molecular formula is C10H12N4O. The van der Waals surface area contributed by atoms with Crippen LogP contribution in [0.1, 0.15) is 13.8 Å². The van der Waals surface area contributed by atoms with Crippen LogP contribution in [0.15, 0.2) is 23.4 Å². The van der Waals surface area contributed by atoms with Crippen LogP contribution < -0.4 is 10.7 Å². The zero-order chi connectivity index (χ0) is 11.0. The van der Waals surface area contributed by atoms with Crippen LogP contribution in [0.25, 0.3) is 0 Å². The number of hydrogen-bond donors (Lipinski definition) is 1. The van der Waals surface area contributed by atoms with Crippen molar-refractivity contribution < 1.29 is 4.79 Å². The smallest absolute Gasteiger partial charge is 0.256 e. The van der Waals surface area contributed by atoms with E-state index in [4.69, 9.17) is 5.73 Å². The number of rotatable bonds is 1. The Balaban J connectivity index is 2.33. The highest BCUT2D eigenvalue weighted by Crippen LogP contribution is 2.22. The normalized spacial score (nSPS) is 20.7. The third-order valence-electron chi connectivity index (χ3n) is 2.48. The minimum atomic E-state index is -0.150. The molecule has 1 aromatic rings. The summed E-state index contributed by atoms with van der Waals surface area (Å²) in [6.07, 6.45) is 1.54. The molecule has 0 aromatic carbocycles. The van der Waals surface area contributed by atoms with E-state index in [9.17, 15) is 4.79 Å². The average molecular weight is 204 g/mol. The van der Waals surface area contributed by atoms with Gasteiger partial charge in [-0.15, -0.1) is 0 Å². The number of nitrogen functional groups attached to an aromatic ring is 1. The number of aromatic nitrogens is 1. The lowest BCUT2D eigenvalue weighted by molar-refractivity contribution is -0.119. The number of carbonyl (C=O) groups is 1. The molecular weight excluding hydrogens is 192 g/mol. The molecule has 0 saturated heterocycles. The molecule has 1 amide bonds. The van der Waals surface area contributed by atoms with Crippen molar-refractivity contribution in [3.63, 3.8) is 0 Å². The van der Waals surface area contributed by atoms with E-state index in [-0.39, 0.29) is 11.8 Å². The van der Waals surface area contributed by atoms with Crippen LogP contribution in [0.4, 0.5) is 11.5 Å². The van der Waals surface area contributed by atoms with Crippen molar-refractivity contribution in [3.8, 4) is 0 Å². The molecule has 2 N–H and O–H groups in total. The summed E-state index contributed by atoms with van der Waals surface area (Å²) in [6.45, 7) is 3.68. The van der Waals surface area contributed by atoms with Gasteiger partial charge in [-0.3, -0.25) is 4.79 Å². The van der Waals surface area contributed by atoms with E-state index in [1.807, 2.05) is 13.8 Å². The van der Waals surface area contributed by atoms with E-state index >= 15 is 0 Å². The Bertz CT molecular complexity index is 424. The molecule has 1 atom stereocenters. The Morgan fingerprint density at radius 2 is 2.20 bits per heavy atom. The van der Waals surface area contributed by atoms with Gasteiger partial charge in [-0.1, -0.05) is 0 Å². The molecule has 0 fully saturated rings.